The van der Waals surface area contributed by atoms with Crippen LogP contribution < -0.4 is 14.9 Å². The number of halogens is 1. The summed E-state index contributed by atoms with van der Waals surface area (Å²) in [6, 6.07) is 14.2. The summed E-state index contributed by atoms with van der Waals surface area (Å²) in [5.41, 5.74) is 2.21. The molecule has 6 nitrogen and oxygen atoms in total. The number of benzene rings is 2. The van der Waals surface area contributed by atoms with Gasteiger partial charge in [-0.3, -0.25) is 4.79 Å². The van der Waals surface area contributed by atoms with Gasteiger partial charge in [-0.25, -0.2) is 13.1 Å². The molecule has 0 aromatic heterocycles. The highest BCUT2D eigenvalue weighted by Gasteiger charge is 2.14. The largest absolute Gasteiger partial charge is 0.370 e. The number of rotatable bonds is 8. The molecule has 0 bridgehead atoms. The van der Waals surface area contributed by atoms with Crippen molar-refractivity contribution in [2.45, 2.75) is 17.9 Å². The number of amides is 1. The van der Waals surface area contributed by atoms with Crippen LogP contribution in [0.15, 0.2) is 53.4 Å². The molecule has 9 heteroatoms. The third-order valence-corrected chi connectivity index (χ3v) is 7.19. The highest BCUT2D eigenvalue weighted by atomic mass is 35.5. The summed E-state index contributed by atoms with van der Waals surface area (Å²) in [5, 5.41) is 3.16. The summed E-state index contributed by atoms with van der Waals surface area (Å²) < 4.78 is 26.8. The van der Waals surface area contributed by atoms with Gasteiger partial charge in [0.25, 0.3) is 0 Å². The minimum absolute atomic E-state index is 0.0204. The zero-order valence-electron chi connectivity index (χ0n) is 15.9. The summed E-state index contributed by atoms with van der Waals surface area (Å²) in [7, 11) is -3.68. The van der Waals surface area contributed by atoms with Gasteiger partial charge < -0.3 is 10.2 Å². The first kappa shape index (κ1) is 22.0. The lowest BCUT2D eigenvalue weighted by molar-refractivity contribution is -0.121. The summed E-state index contributed by atoms with van der Waals surface area (Å²) in [4.78, 5) is 14.5. The maximum absolute atomic E-state index is 12.2. The Bertz CT molecular complexity index is 930. The van der Waals surface area contributed by atoms with Gasteiger partial charge in [0, 0.05) is 54.8 Å². The Morgan fingerprint density at radius 3 is 2.52 bits per heavy atom. The molecule has 0 radical (unpaired) electrons. The Morgan fingerprint density at radius 2 is 1.83 bits per heavy atom. The minimum atomic E-state index is -3.68. The molecule has 29 heavy (non-hydrogen) atoms. The summed E-state index contributed by atoms with van der Waals surface area (Å²) >= 11 is 7.81. The van der Waals surface area contributed by atoms with Crippen molar-refractivity contribution >= 4 is 45.0 Å². The lowest BCUT2D eigenvalue weighted by Gasteiger charge is -2.28. The normalized spacial score (nSPS) is 14.6. The topological polar surface area (TPSA) is 78.5 Å². The van der Waals surface area contributed by atoms with E-state index in [2.05, 4.69) is 27.1 Å². The third kappa shape index (κ3) is 6.64. The van der Waals surface area contributed by atoms with Crippen LogP contribution in [0.2, 0.25) is 5.02 Å². The van der Waals surface area contributed by atoms with E-state index in [1.807, 2.05) is 23.9 Å². The number of carbonyl (C=O) groups excluding carboxylic acids is 1. The molecule has 2 N–H and O–H groups in total. The monoisotopic (exact) mass is 453 g/mol. The number of hydrogen-bond acceptors (Lipinski definition) is 5. The van der Waals surface area contributed by atoms with E-state index in [-0.39, 0.29) is 23.8 Å². The zero-order valence-corrected chi connectivity index (χ0v) is 18.3. The van der Waals surface area contributed by atoms with E-state index in [4.69, 9.17) is 11.6 Å². The fraction of sp³-hybridized carbons (Fsp3) is 0.350. The van der Waals surface area contributed by atoms with Crippen molar-refractivity contribution in [3.8, 4) is 0 Å². The van der Waals surface area contributed by atoms with Crippen molar-refractivity contribution in [1.29, 1.82) is 0 Å². The van der Waals surface area contributed by atoms with Gasteiger partial charge in [0.15, 0.2) is 0 Å². The van der Waals surface area contributed by atoms with Crippen LogP contribution >= 0.6 is 23.4 Å². The predicted molar refractivity (Wildman–Crippen MR) is 119 cm³/mol. The molecule has 0 aliphatic carbocycles. The van der Waals surface area contributed by atoms with Gasteiger partial charge in [0.05, 0.1) is 4.90 Å². The van der Waals surface area contributed by atoms with Crippen molar-refractivity contribution in [2.75, 3.05) is 36.0 Å². The maximum Gasteiger partial charge on any atom is 0.240 e. The molecule has 2 aromatic rings. The molecule has 1 fully saturated rings. The number of sulfonamides is 1. The second-order valence-electron chi connectivity index (χ2n) is 6.65. The van der Waals surface area contributed by atoms with E-state index in [9.17, 15) is 13.2 Å². The molecule has 1 heterocycles. The number of nitrogens with one attached hydrogen (secondary N) is 2. The fourth-order valence-corrected chi connectivity index (χ4v) is 5.19. The van der Waals surface area contributed by atoms with Gasteiger partial charge in [-0.1, -0.05) is 29.8 Å². The van der Waals surface area contributed by atoms with Crippen LogP contribution in [0.25, 0.3) is 0 Å². The second-order valence-corrected chi connectivity index (χ2v) is 10.1. The van der Waals surface area contributed by atoms with Crippen LogP contribution in [0.1, 0.15) is 12.0 Å². The first-order valence-electron chi connectivity index (χ1n) is 9.38. The van der Waals surface area contributed by atoms with Crippen molar-refractivity contribution in [3.05, 3.63) is 59.1 Å². The standard InChI is InChI=1S/C20H24ClN3O3S2/c21-17-2-1-3-19(14-17)29(26,27)23-9-8-20(25)22-15-16-4-6-18(7-5-16)24-10-12-28-13-11-24/h1-7,14,23H,8-13,15H2,(H,22,25). The predicted octanol–water partition coefficient (Wildman–Crippen LogP) is 2.88. The highest BCUT2D eigenvalue weighted by molar-refractivity contribution is 7.99. The first-order chi connectivity index (χ1) is 13.9. The first-order valence-corrected chi connectivity index (χ1v) is 12.4. The van der Waals surface area contributed by atoms with Crippen molar-refractivity contribution < 1.29 is 13.2 Å². The number of hydrogen-bond donors (Lipinski definition) is 2. The van der Waals surface area contributed by atoms with Gasteiger partial charge in [0.2, 0.25) is 15.9 Å². The summed E-state index contributed by atoms with van der Waals surface area (Å²) in [6.07, 6.45) is 0.0589. The molecule has 0 saturated carbocycles. The van der Waals surface area contributed by atoms with Crippen molar-refractivity contribution in [3.63, 3.8) is 0 Å². The molecule has 1 saturated heterocycles. The fourth-order valence-electron chi connectivity index (χ4n) is 2.95. The van der Waals surface area contributed by atoms with E-state index in [1.54, 1.807) is 12.1 Å². The van der Waals surface area contributed by atoms with E-state index in [0.29, 0.717) is 11.6 Å². The Kier molecular flexibility index (Phi) is 7.83. The van der Waals surface area contributed by atoms with E-state index >= 15 is 0 Å². The lowest BCUT2D eigenvalue weighted by atomic mass is 10.2. The molecule has 0 atom stereocenters. The molecule has 2 aromatic carbocycles. The molecule has 0 spiro atoms. The molecule has 0 unspecified atom stereocenters. The number of anilines is 1. The van der Waals surface area contributed by atoms with Crippen molar-refractivity contribution in [1.82, 2.24) is 10.0 Å². The Morgan fingerprint density at radius 1 is 1.10 bits per heavy atom. The van der Waals surface area contributed by atoms with Crippen LogP contribution in [0.4, 0.5) is 5.69 Å². The van der Waals surface area contributed by atoms with Crippen LogP contribution in [0, 0.1) is 0 Å². The van der Waals surface area contributed by atoms with Crippen LogP contribution in [0.3, 0.4) is 0 Å². The van der Waals surface area contributed by atoms with Gasteiger partial charge in [-0.15, -0.1) is 0 Å². The molecule has 1 aliphatic heterocycles. The molecule has 1 aliphatic rings. The Labute approximate surface area is 181 Å². The number of carbonyl (C=O) groups is 1. The number of thioether (sulfide) groups is 1. The van der Waals surface area contributed by atoms with Crippen LogP contribution in [-0.2, 0) is 21.4 Å². The highest BCUT2D eigenvalue weighted by Crippen LogP contribution is 2.20. The quantitative estimate of drug-likeness (QED) is 0.642. The Hall–Kier alpha value is -1.74. The van der Waals surface area contributed by atoms with Crippen LogP contribution in [-0.4, -0.2) is 45.5 Å². The SMILES string of the molecule is O=C(CCNS(=O)(=O)c1cccc(Cl)c1)NCc1ccc(N2CCSCC2)cc1. The molecular weight excluding hydrogens is 430 g/mol. The molecule has 3 rings (SSSR count). The van der Waals surface area contributed by atoms with Crippen molar-refractivity contribution in [2.24, 2.45) is 0 Å². The molecule has 156 valence electrons. The van der Waals surface area contributed by atoms with Gasteiger partial charge >= 0.3 is 0 Å². The zero-order chi connectivity index (χ0) is 20.7. The van der Waals surface area contributed by atoms with E-state index in [1.165, 1.54) is 17.8 Å². The maximum atomic E-state index is 12.2. The van der Waals surface area contributed by atoms with Gasteiger partial charge in [-0.05, 0) is 35.9 Å². The van der Waals surface area contributed by atoms with Gasteiger partial charge in [-0.2, -0.15) is 11.8 Å². The lowest BCUT2D eigenvalue weighted by Crippen LogP contribution is -2.32. The minimum Gasteiger partial charge on any atom is -0.370 e. The van der Waals surface area contributed by atoms with E-state index < -0.39 is 10.0 Å². The summed E-state index contributed by atoms with van der Waals surface area (Å²) in [5.74, 6) is 2.09. The Balaban J connectivity index is 1.42. The van der Waals surface area contributed by atoms with Crippen LogP contribution in [0.5, 0.6) is 0 Å². The third-order valence-electron chi connectivity index (χ3n) is 4.55. The average molecular weight is 454 g/mol. The van der Waals surface area contributed by atoms with Gasteiger partial charge in [0.1, 0.15) is 0 Å². The number of nitrogens with zero attached hydrogens (tertiary/aromatic N) is 1. The molecular formula is C20H24ClN3O3S2. The molecule has 1 amide bonds. The smallest absolute Gasteiger partial charge is 0.240 e. The second kappa shape index (κ2) is 10.3. The van der Waals surface area contributed by atoms with E-state index in [0.717, 1.165) is 30.2 Å². The average Bonchev–Trinajstić information content (AvgIpc) is 2.73. The summed E-state index contributed by atoms with van der Waals surface area (Å²) in [6.45, 7) is 2.56.